The van der Waals surface area contributed by atoms with Crippen molar-refractivity contribution in [2.75, 3.05) is 32.8 Å². The molecule has 0 radical (unpaired) electrons. The number of hydrogen-bond donors (Lipinski definition) is 1. The molecule has 3 heterocycles. The number of carbonyl (C=O) groups excluding carboxylic acids is 1. The van der Waals surface area contributed by atoms with Crippen molar-refractivity contribution in [2.24, 2.45) is 0 Å². The van der Waals surface area contributed by atoms with Crippen molar-refractivity contribution >= 4 is 28.5 Å². The van der Waals surface area contributed by atoms with Gasteiger partial charge in [-0.25, -0.2) is 4.79 Å². The predicted molar refractivity (Wildman–Crippen MR) is 102 cm³/mol. The highest BCUT2D eigenvalue weighted by molar-refractivity contribution is 6.32. The Labute approximate surface area is 162 Å². The molecule has 0 saturated carbocycles. The van der Waals surface area contributed by atoms with E-state index in [4.69, 9.17) is 20.8 Å². The van der Waals surface area contributed by atoms with E-state index in [1.807, 2.05) is 24.0 Å². The topological polar surface area (TPSA) is 64.2 Å². The quantitative estimate of drug-likeness (QED) is 0.797. The summed E-state index contributed by atoms with van der Waals surface area (Å²) in [4.78, 5) is 27.7. The van der Waals surface area contributed by atoms with Crippen LogP contribution >= 0.6 is 11.6 Å². The first-order chi connectivity index (χ1) is 13.0. The highest BCUT2D eigenvalue weighted by Crippen LogP contribution is 2.25. The van der Waals surface area contributed by atoms with E-state index in [2.05, 4.69) is 0 Å². The van der Waals surface area contributed by atoms with Crippen molar-refractivity contribution < 1.29 is 18.8 Å². The first kappa shape index (κ1) is 18.5. The predicted octanol–water partition coefficient (Wildman–Crippen LogP) is 1.16. The van der Waals surface area contributed by atoms with Crippen molar-refractivity contribution in [2.45, 2.75) is 32.4 Å². The van der Waals surface area contributed by atoms with E-state index in [1.165, 1.54) is 4.90 Å². The number of nitrogens with zero attached hydrogens (tertiary/aromatic N) is 1. The van der Waals surface area contributed by atoms with Gasteiger partial charge in [0.25, 0.3) is 5.91 Å². The molecule has 1 N–H and O–H groups in total. The average Bonchev–Trinajstić information content (AvgIpc) is 3.18. The minimum absolute atomic E-state index is 0.125. The van der Waals surface area contributed by atoms with Crippen molar-refractivity contribution in [1.29, 1.82) is 0 Å². The van der Waals surface area contributed by atoms with Gasteiger partial charge in [0.15, 0.2) is 0 Å². The number of quaternary nitrogens is 1. The number of amides is 1. The lowest BCUT2D eigenvalue weighted by Gasteiger charge is -2.33. The third-order valence-corrected chi connectivity index (χ3v) is 5.94. The molecule has 1 aromatic heterocycles. The molecule has 0 bridgehead atoms. The third-order valence-electron chi connectivity index (χ3n) is 5.54. The van der Waals surface area contributed by atoms with Crippen molar-refractivity contribution in [3.63, 3.8) is 0 Å². The summed E-state index contributed by atoms with van der Waals surface area (Å²) in [5.41, 5.74) is 2.06. The second-order valence-corrected chi connectivity index (χ2v) is 7.85. The monoisotopic (exact) mass is 391 g/mol. The van der Waals surface area contributed by atoms with Gasteiger partial charge < -0.3 is 19.0 Å². The first-order valence-electron chi connectivity index (χ1n) is 9.48. The maximum absolute atomic E-state index is 12.5. The molecule has 4 rings (SSSR count). The van der Waals surface area contributed by atoms with Gasteiger partial charge in [-0.1, -0.05) is 11.6 Å². The van der Waals surface area contributed by atoms with Crippen LogP contribution in [0, 0.1) is 6.92 Å². The minimum atomic E-state index is -0.342. The highest BCUT2D eigenvalue weighted by Gasteiger charge is 2.31. The summed E-state index contributed by atoms with van der Waals surface area (Å²) in [5, 5.41) is 1.55. The number of nitrogens with one attached hydrogen (secondary N) is 1. The highest BCUT2D eigenvalue weighted by atomic mass is 35.5. The third kappa shape index (κ3) is 3.88. The fourth-order valence-electron chi connectivity index (χ4n) is 3.96. The molecule has 6 nitrogen and oxygen atoms in total. The molecule has 0 spiro atoms. The van der Waals surface area contributed by atoms with Crippen LogP contribution in [0.1, 0.15) is 24.0 Å². The molecule has 1 amide bonds. The van der Waals surface area contributed by atoms with E-state index in [0.29, 0.717) is 36.8 Å². The van der Waals surface area contributed by atoms with Gasteiger partial charge in [0.05, 0.1) is 26.2 Å². The molecule has 27 heavy (non-hydrogen) atoms. The van der Waals surface area contributed by atoms with E-state index in [1.54, 1.807) is 6.07 Å². The number of halogens is 1. The van der Waals surface area contributed by atoms with Crippen molar-refractivity contribution in [3.05, 3.63) is 44.8 Å². The van der Waals surface area contributed by atoms with Gasteiger partial charge in [-0.2, -0.15) is 0 Å². The smallest absolute Gasteiger partial charge is 0.336 e. The maximum Gasteiger partial charge on any atom is 0.336 e. The number of piperazine rings is 1. The SMILES string of the molecule is Cc1cc2oc(=O)cc(C[NH+]3CCN(C(=O)[C@@H]4CCCO4)CC3)c2cc1Cl. The summed E-state index contributed by atoms with van der Waals surface area (Å²) in [5.74, 6) is 0.125. The maximum atomic E-state index is 12.5. The van der Waals surface area contributed by atoms with Crippen LogP contribution in [0.3, 0.4) is 0 Å². The number of fused-ring (bicyclic) bond motifs is 1. The van der Waals surface area contributed by atoms with Gasteiger partial charge in [-0.15, -0.1) is 0 Å². The molecule has 2 saturated heterocycles. The van der Waals surface area contributed by atoms with Gasteiger partial charge in [-0.05, 0) is 37.5 Å². The summed E-state index contributed by atoms with van der Waals surface area (Å²) in [6, 6.07) is 5.25. The zero-order valence-corrected chi connectivity index (χ0v) is 16.2. The fraction of sp³-hybridized carbons (Fsp3) is 0.500. The normalized spacial score (nSPS) is 21.1. The molecule has 7 heteroatoms. The van der Waals surface area contributed by atoms with E-state index < -0.39 is 0 Å². The average molecular weight is 392 g/mol. The van der Waals surface area contributed by atoms with Crippen LogP contribution in [0.4, 0.5) is 0 Å². The summed E-state index contributed by atoms with van der Waals surface area (Å²) in [7, 11) is 0. The zero-order valence-electron chi connectivity index (χ0n) is 15.4. The zero-order chi connectivity index (χ0) is 19.0. The van der Waals surface area contributed by atoms with Gasteiger partial charge in [0, 0.05) is 28.6 Å². The van der Waals surface area contributed by atoms with Crippen LogP contribution in [0.15, 0.2) is 27.4 Å². The molecule has 0 aliphatic carbocycles. The van der Waals surface area contributed by atoms with Crippen LogP contribution < -0.4 is 10.5 Å². The van der Waals surface area contributed by atoms with Crippen LogP contribution in [0.5, 0.6) is 0 Å². The Hall–Kier alpha value is -1.89. The van der Waals surface area contributed by atoms with E-state index >= 15 is 0 Å². The number of rotatable bonds is 3. The van der Waals surface area contributed by atoms with Crippen molar-refractivity contribution in [3.8, 4) is 0 Å². The molecule has 1 atom stereocenters. The Morgan fingerprint density at radius 2 is 2.07 bits per heavy atom. The van der Waals surface area contributed by atoms with Gasteiger partial charge >= 0.3 is 5.63 Å². The Kier molecular flexibility index (Phi) is 5.21. The number of benzene rings is 1. The van der Waals surface area contributed by atoms with Crippen molar-refractivity contribution in [1.82, 2.24) is 4.90 Å². The van der Waals surface area contributed by atoms with E-state index in [-0.39, 0.29) is 17.6 Å². The molecule has 2 aliphatic heterocycles. The Balaban J connectivity index is 1.47. The lowest BCUT2D eigenvalue weighted by atomic mass is 10.1. The summed E-state index contributed by atoms with van der Waals surface area (Å²) >= 11 is 6.28. The number of ether oxygens (including phenoxy) is 1. The van der Waals surface area contributed by atoms with Gasteiger partial charge in [0.1, 0.15) is 18.2 Å². The Morgan fingerprint density at radius 3 is 2.78 bits per heavy atom. The molecule has 2 aliphatic rings. The minimum Gasteiger partial charge on any atom is -0.423 e. The molecule has 144 valence electrons. The summed E-state index contributed by atoms with van der Waals surface area (Å²) in [6.45, 7) is 6.42. The fourth-order valence-corrected chi connectivity index (χ4v) is 4.12. The first-order valence-corrected chi connectivity index (χ1v) is 9.86. The Morgan fingerprint density at radius 1 is 1.30 bits per heavy atom. The second kappa shape index (κ2) is 7.62. The van der Waals surface area contributed by atoms with E-state index in [9.17, 15) is 9.59 Å². The van der Waals surface area contributed by atoms with Crippen LogP contribution in [-0.4, -0.2) is 49.7 Å². The molecule has 2 aromatic rings. The summed E-state index contributed by atoms with van der Waals surface area (Å²) in [6.07, 6.45) is 1.55. The lowest BCUT2D eigenvalue weighted by molar-refractivity contribution is -0.917. The van der Waals surface area contributed by atoms with Crippen LogP contribution in [0.25, 0.3) is 11.0 Å². The standard InChI is InChI=1S/C20H23ClN2O4/c1-13-9-18-15(11-16(13)21)14(10-19(24)27-18)12-22-4-6-23(7-5-22)20(25)17-3-2-8-26-17/h9-11,17H,2-8,12H2,1H3/p+1/t17-/m0/s1. The molecular formula is C20H24ClN2O4+. The van der Waals surface area contributed by atoms with E-state index in [0.717, 1.165) is 42.4 Å². The number of hydrogen-bond acceptors (Lipinski definition) is 4. The Bertz CT molecular complexity index is 912. The molecule has 0 unspecified atom stereocenters. The number of carbonyl (C=O) groups is 1. The van der Waals surface area contributed by atoms with Crippen LogP contribution in [0.2, 0.25) is 5.02 Å². The van der Waals surface area contributed by atoms with Gasteiger partial charge in [-0.3, -0.25) is 4.79 Å². The summed E-state index contributed by atoms with van der Waals surface area (Å²) < 4.78 is 10.9. The largest absolute Gasteiger partial charge is 0.423 e. The number of aryl methyl sites for hydroxylation is 1. The molecular weight excluding hydrogens is 368 g/mol. The van der Waals surface area contributed by atoms with Gasteiger partial charge in [0.2, 0.25) is 0 Å². The molecule has 1 aromatic carbocycles. The molecule has 2 fully saturated rings. The van der Waals surface area contributed by atoms with Crippen LogP contribution in [-0.2, 0) is 16.1 Å². The lowest BCUT2D eigenvalue weighted by Crippen LogP contribution is -3.13. The second-order valence-electron chi connectivity index (χ2n) is 7.44.